The Bertz CT molecular complexity index is 555. The number of hydrogen-bond donors (Lipinski definition) is 1. The van der Waals surface area contributed by atoms with Gasteiger partial charge < -0.3 is 19.9 Å². The summed E-state index contributed by atoms with van der Waals surface area (Å²) in [4.78, 5) is 0. The number of benzene rings is 2. The number of nitrogens with two attached hydrogens (primary N) is 1. The second kappa shape index (κ2) is 7.67. The van der Waals surface area contributed by atoms with Crippen molar-refractivity contribution in [3.63, 3.8) is 0 Å². The fourth-order valence-electron chi connectivity index (χ4n) is 1.98. The fourth-order valence-corrected chi connectivity index (χ4v) is 1.98. The summed E-state index contributed by atoms with van der Waals surface area (Å²) in [6.07, 6.45) is 0. The van der Waals surface area contributed by atoms with E-state index in [9.17, 15) is 0 Å². The fraction of sp³-hybridized carbons (Fsp3) is 0.294. The lowest BCUT2D eigenvalue weighted by atomic mass is 10.1. The minimum Gasteiger partial charge on any atom is -0.497 e. The summed E-state index contributed by atoms with van der Waals surface area (Å²) in [5.41, 5.74) is 7.98. The van der Waals surface area contributed by atoms with Crippen LogP contribution in [0.2, 0.25) is 0 Å². The summed E-state index contributed by atoms with van der Waals surface area (Å²) in [6.45, 7) is 2.60. The van der Waals surface area contributed by atoms with Gasteiger partial charge in [0.1, 0.15) is 11.5 Å². The van der Waals surface area contributed by atoms with Crippen molar-refractivity contribution in [3.8, 4) is 11.5 Å². The standard InChI is InChI=1S/C17H21NO3/c1-13(18)16-9-8-15(19-2)10-17(16)21-12-20-11-14-6-4-3-5-7-14/h3-10,13H,11-12,18H2,1-2H3/t13-/m0/s1. The molecule has 2 N–H and O–H groups in total. The Morgan fingerprint density at radius 1 is 1.10 bits per heavy atom. The van der Waals surface area contributed by atoms with Crippen LogP contribution in [0, 0.1) is 0 Å². The van der Waals surface area contributed by atoms with Gasteiger partial charge >= 0.3 is 0 Å². The van der Waals surface area contributed by atoms with E-state index in [2.05, 4.69) is 0 Å². The van der Waals surface area contributed by atoms with Crippen molar-refractivity contribution in [2.24, 2.45) is 5.73 Å². The SMILES string of the molecule is COc1ccc([C@H](C)N)c(OCOCc2ccccc2)c1. The van der Waals surface area contributed by atoms with Crippen LogP contribution in [0.3, 0.4) is 0 Å². The minimum atomic E-state index is -0.111. The van der Waals surface area contributed by atoms with Crippen LogP contribution >= 0.6 is 0 Å². The van der Waals surface area contributed by atoms with E-state index < -0.39 is 0 Å². The first-order valence-electron chi connectivity index (χ1n) is 6.88. The van der Waals surface area contributed by atoms with E-state index >= 15 is 0 Å². The molecule has 2 aromatic rings. The summed E-state index contributed by atoms with van der Waals surface area (Å²) in [5.74, 6) is 1.43. The molecule has 112 valence electrons. The minimum absolute atomic E-state index is 0.111. The van der Waals surface area contributed by atoms with Crippen LogP contribution in [0.25, 0.3) is 0 Å². The van der Waals surface area contributed by atoms with Crippen LogP contribution in [0.5, 0.6) is 11.5 Å². The molecule has 0 fully saturated rings. The monoisotopic (exact) mass is 287 g/mol. The summed E-state index contributed by atoms with van der Waals surface area (Å²) < 4.78 is 16.4. The molecule has 0 saturated heterocycles. The predicted octanol–water partition coefficient (Wildman–Crippen LogP) is 3.27. The Morgan fingerprint density at radius 3 is 2.52 bits per heavy atom. The molecule has 2 aromatic carbocycles. The second-order valence-electron chi connectivity index (χ2n) is 4.79. The Morgan fingerprint density at radius 2 is 1.86 bits per heavy atom. The molecular weight excluding hydrogens is 266 g/mol. The van der Waals surface area contributed by atoms with Gasteiger partial charge in [0.25, 0.3) is 0 Å². The lowest BCUT2D eigenvalue weighted by Crippen LogP contribution is -2.10. The molecular formula is C17H21NO3. The maximum Gasteiger partial charge on any atom is 0.189 e. The van der Waals surface area contributed by atoms with Gasteiger partial charge in [-0.05, 0) is 18.6 Å². The van der Waals surface area contributed by atoms with Gasteiger partial charge in [0.2, 0.25) is 0 Å². The zero-order chi connectivity index (χ0) is 15.1. The molecule has 0 unspecified atom stereocenters. The first-order valence-corrected chi connectivity index (χ1v) is 6.88. The summed E-state index contributed by atoms with van der Waals surface area (Å²) in [6, 6.07) is 15.5. The highest BCUT2D eigenvalue weighted by Gasteiger charge is 2.09. The molecule has 0 saturated carbocycles. The quantitative estimate of drug-likeness (QED) is 0.627. The van der Waals surface area contributed by atoms with Gasteiger partial charge in [0, 0.05) is 17.7 Å². The average molecular weight is 287 g/mol. The molecule has 0 radical (unpaired) electrons. The molecule has 4 heteroatoms. The topological polar surface area (TPSA) is 53.7 Å². The molecule has 0 heterocycles. The lowest BCUT2D eigenvalue weighted by Gasteiger charge is -2.15. The number of ether oxygens (including phenoxy) is 3. The molecule has 0 bridgehead atoms. The normalized spacial score (nSPS) is 12.0. The maximum absolute atomic E-state index is 5.94. The molecule has 4 nitrogen and oxygen atoms in total. The first kappa shape index (κ1) is 15.4. The molecule has 0 spiro atoms. The van der Waals surface area contributed by atoms with Crippen LogP contribution in [0.4, 0.5) is 0 Å². The molecule has 0 amide bonds. The van der Waals surface area contributed by atoms with E-state index in [0.717, 1.165) is 16.9 Å². The highest BCUT2D eigenvalue weighted by molar-refractivity contribution is 5.42. The highest BCUT2D eigenvalue weighted by atomic mass is 16.7. The Hall–Kier alpha value is -2.04. The summed E-state index contributed by atoms with van der Waals surface area (Å²) >= 11 is 0. The van der Waals surface area contributed by atoms with E-state index in [1.807, 2.05) is 55.5 Å². The van der Waals surface area contributed by atoms with Crippen molar-refractivity contribution in [2.45, 2.75) is 19.6 Å². The van der Waals surface area contributed by atoms with Crippen LogP contribution in [0.15, 0.2) is 48.5 Å². The van der Waals surface area contributed by atoms with Crippen molar-refractivity contribution in [2.75, 3.05) is 13.9 Å². The third kappa shape index (κ3) is 4.48. The van der Waals surface area contributed by atoms with E-state index in [1.165, 1.54) is 0 Å². The molecule has 2 rings (SSSR count). The van der Waals surface area contributed by atoms with Crippen LogP contribution < -0.4 is 15.2 Å². The van der Waals surface area contributed by atoms with Crippen molar-refractivity contribution >= 4 is 0 Å². The van der Waals surface area contributed by atoms with Crippen LogP contribution in [-0.2, 0) is 11.3 Å². The molecule has 1 atom stereocenters. The van der Waals surface area contributed by atoms with Gasteiger partial charge in [-0.15, -0.1) is 0 Å². The third-order valence-electron chi connectivity index (χ3n) is 3.12. The Balaban J connectivity index is 1.92. The Kier molecular flexibility index (Phi) is 5.60. The smallest absolute Gasteiger partial charge is 0.189 e. The highest BCUT2D eigenvalue weighted by Crippen LogP contribution is 2.28. The maximum atomic E-state index is 5.94. The number of rotatable bonds is 7. The average Bonchev–Trinajstić information content (AvgIpc) is 2.52. The van der Waals surface area contributed by atoms with E-state index in [1.54, 1.807) is 7.11 Å². The van der Waals surface area contributed by atoms with E-state index in [-0.39, 0.29) is 12.8 Å². The lowest BCUT2D eigenvalue weighted by molar-refractivity contribution is 0.00432. The number of hydrogen-bond acceptors (Lipinski definition) is 4. The van der Waals surface area contributed by atoms with E-state index in [4.69, 9.17) is 19.9 Å². The molecule has 0 aliphatic carbocycles. The van der Waals surface area contributed by atoms with Gasteiger partial charge in [-0.25, -0.2) is 0 Å². The van der Waals surface area contributed by atoms with Gasteiger partial charge in [-0.3, -0.25) is 0 Å². The van der Waals surface area contributed by atoms with Gasteiger partial charge in [-0.1, -0.05) is 36.4 Å². The second-order valence-corrected chi connectivity index (χ2v) is 4.79. The predicted molar refractivity (Wildman–Crippen MR) is 82.3 cm³/mol. The van der Waals surface area contributed by atoms with Crippen LogP contribution in [0.1, 0.15) is 24.1 Å². The largest absolute Gasteiger partial charge is 0.497 e. The van der Waals surface area contributed by atoms with Gasteiger partial charge in [0.05, 0.1) is 13.7 Å². The molecule has 21 heavy (non-hydrogen) atoms. The number of methoxy groups -OCH3 is 1. The first-order chi connectivity index (χ1) is 10.2. The molecule has 0 aromatic heterocycles. The Labute approximate surface area is 125 Å². The van der Waals surface area contributed by atoms with Gasteiger partial charge in [-0.2, -0.15) is 0 Å². The van der Waals surface area contributed by atoms with Crippen molar-refractivity contribution in [1.29, 1.82) is 0 Å². The van der Waals surface area contributed by atoms with Crippen molar-refractivity contribution in [1.82, 2.24) is 0 Å². The van der Waals surface area contributed by atoms with Crippen molar-refractivity contribution < 1.29 is 14.2 Å². The van der Waals surface area contributed by atoms with Crippen molar-refractivity contribution in [3.05, 3.63) is 59.7 Å². The van der Waals surface area contributed by atoms with Crippen LogP contribution in [-0.4, -0.2) is 13.9 Å². The third-order valence-corrected chi connectivity index (χ3v) is 3.12. The van der Waals surface area contributed by atoms with Gasteiger partial charge in [0.15, 0.2) is 6.79 Å². The molecule has 0 aliphatic rings. The zero-order valence-corrected chi connectivity index (χ0v) is 12.4. The summed E-state index contributed by atoms with van der Waals surface area (Å²) in [7, 11) is 1.62. The van der Waals surface area contributed by atoms with E-state index in [0.29, 0.717) is 12.4 Å². The zero-order valence-electron chi connectivity index (χ0n) is 12.4. The molecule has 0 aliphatic heterocycles. The summed E-state index contributed by atoms with van der Waals surface area (Å²) in [5, 5.41) is 0.